The topological polar surface area (TPSA) is 17.1 Å². The number of benzene rings is 2. The van der Waals surface area contributed by atoms with Crippen LogP contribution >= 0.6 is 7.14 Å². The fourth-order valence-corrected chi connectivity index (χ4v) is 9.84. The van der Waals surface area contributed by atoms with Gasteiger partial charge in [0.15, 0.2) is 7.14 Å². The number of hydrogen-bond donors (Lipinski definition) is 0. The van der Waals surface area contributed by atoms with E-state index < -0.39 is 15.2 Å². The maximum atomic E-state index is 14.1. The van der Waals surface area contributed by atoms with Gasteiger partial charge in [0.2, 0.25) is 0 Å². The molecule has 108 valence electrons. The molecule has 0 amide bonds. The van der Waals surface area contributed by atoms with Crippen LogP contribution in [0, 0.1) is 0 Å². The summed E-state index contributed by atoms with van der Waals surface area (Å²) < 4.78 is 14.1. The molecular formula is C18H21OPSi. The lowest BCUT2D eigenvalue weighted by Gasteiger charge is -2.28. The molecule has 3 heteroatoms. The zero-order valence-corrected chi connectivity index (χ0v) is 14.7. The van der Waals surface area contributed by atoms with Gasteiger partial charge in [-0.25, -0.2) is 0 Å². The first kappa shape index (κ1) is 15.8. The largest absolute Gasteiger partial charge is 0.309 e. The van der Waals surface area contributed by atoms with Crippen molar-refractivity contribution in [3.63, 3.8) is 0 Å². The van der Waals surface area contributed by atoms with Crippen molar-refractivity contribution in [3.8, 4) is 0 Å². The van der Waals surface area contributed by atoms with Gasteiger partial charge >= 0.3 is 0 Å². The van der Waals surface area contributed by atoms with Crippen LogP contribution in [0.1, 0.15) is 0 Å². The fourth-order valence-electron chi connectivity index (χ4n) is 2.53. The van der Waals surface area contributed by atoms with E-state index in [9.17, 15) is 4.57 Å². The van der Waals surface area contributed by atoms with Crippen molar-refractivity contribution in [2.45, 2.75) is 19.6 Å². The maximum Gasteiger partial charge on any atom is 0.170 e. The zero-order chi connectivity index (χ0) is 15.5. The average Bonchev–Trinajstić information content (AvgIpc) is 2.48. The van der Waals surface area contributed by atoms with Gasteiger partial charge in [-0.2, -0.15) is 0 Å². The van der Waals surface area contributed by atoms with Gasteiger partial charge in [-0.15, -0.1) is 5.73 Å². The minimum Gasteiger partial charge on any atom is -0.309 e. The lowest BCUT2D eigenvalue weighted by Crippen LogP contribution is -2.30. The molecule has 0 radical (unpaired) electrons. The van der Waals surface area contributed by atoms with Crippen molar-refractivity contribution in [1.29, 1.82) is 0 Å². The fraction of sp³-hybridized carbons (Fsp3) is 0.167. The highest BCUT2D eigenvalue weighted by Crippen LogP contribution is 2.54. The molecule has 21 heavy (non-hydrogen) atoms. The monoisotopic (exact) mass is 312 g/mol. The Labute approximate surface area is 128 Å². The van der Waals surface area contributed by atoms with Crippen LogP contribution in [-0.4, -0.2) is 8.07 Å². The molecule has 0 fully saturated rings. The molecule has 0 N–H and O–H groups in total. The Kier molecular flexibility index (Phi) is 4.54. The normalized spacial score (nSPS) is 11.8. The van der Waals surface area contributed by atoms with Crippen LogP contribution in [0.3, 0.4) is 0 Å². The molecule has 0 saturated heterocycles. The number of rotatable bonds is 4. The second kappa shape index (κ2) is 6.03. The van der Waals surface area contributed by atoms with Crippen molar-refractivity contribution in [1.82, 2.24) is 0 Å². The molecule has 0 unspecified atom stereocenters. The Hall–Kier alpha value is -1.59. The van der Waals surface area contributed by atoms with Gasteiger partial charge in [-0.05, 0) is 0 Å². The van der Waals surface area contributed by atoms with Crippen molar-refractivity contribution in [3.05, 3.63) is 77.9 Å². The number of hydrogen-bond acceptors (Lipinski definition) is 1. The van der Waals surface area contributed by atoms with Gasteiger partial charge in [0, 0.05) is 15.5 Å². The van der Waals surface area contributed by atoms with Gasteiger partial charge in [0.25, 0.3) is 0 Å². The summed E-state index contributed by atoms with van der Waals surface area (Å²) in [6.07, 6.45) is 0. The Morgan fingerprint density at radius 3 is 1.57 bits per heavy atom. The lowest BCUT2D eigenvalue weighted by atomic mass is 10.4. The first-order chi connectivity index (χ1) is 9.90. The summed E-state index contributed by atoms with van der Waals surface area (Å²) in [6.45, 7) is 10.4. The van der Waals surface area contributed by atoms with Crippen LogP contribution in [-0.2, 0) is 4.57 Å². The van der Waals surface area contributed by atoms with Crippen molar-refractivity contribution >= 4 is 25.8 Å². The standard InChI is InChI=1S/C18H21OPSi/c1-5-18(21(2,3)4)20(19,16-12-8-6-9-13-16)17-14-10-7-11-15-17/h6-15H,1H2,2-4H3. The molecule has 2 aromatic rings. The van der Waals surface area contributed by atoms with Crippen LogP contribution in [0.15, 0.2) is 77.9 Å². The molecular weight excluding hydrogens is 291 g/mol. The molecule has 0 spiro atoms. The van der Waals surface area contributed by atoms with E-state index in [1.807, 2.05) is 60.7 Å². The third-order valence-corrected chi connectivity index (χ3v) is 10.8. The molecule has 2 rings (SSSR count). The molecule has 0 saturated carbocycles. The zero-order valence-electron chi connectivity index (χ0n) is 12.8. The molecule has 0 atom stereocenters. The van der Waals surface area contributed by atoms with Crippen molar-refractivity contribution < 1.29 is 4.57 Å². The van der Waals surface area contributed by atoms with Crippen molar-refractivity contribution in [2.24, 2.45) is 0 Å². The highest BCUT2D eigenvalue weighted by Gasteiger charge is 2.38. The van der Waals surface area contributed by atoms with E-state index in [-0.39, 0.29) is 0 Å². The van der Waals surface area contributed by atoms with Crippen molar-refractivity contribution in [2.75, 3.05) is 0 Å². The van der Waals surface area contributed by atoms with E-state index in [1.54, 1.807) is 0 Å². The molecule has 0 aliphatic carbocycles. The predicted octanol–water partition coefficient (Wildman–Crippen LogP) is 4.55. The maximum absolute atomic E-state index is 14.1. The first-order valence-electron chi connectivity index (χ1n) is 7.03. The second-order valence-corrected chi connectivity index (χ2v) is 14.2. The molecule has 2 aromatic carbocycles. The summed E-state index contributed by atoms with van der Waals surface area (Å²) in [6, 6.07) is 19.5. The minimum absolute atomic E-state index is 0.866. The van der Waals surface area contributed by atoms with Gasteiger partial charge in [-0.1, -0.05) is 86.9 Å². The van der Waals surface area contributed by atoms with E-state index >= 15 is 0 Å². The Bertz CT molecular complexity index is 664. The second-order valence-electron chi connectivity index (χ2n) is 6.06. The van der Waals surface area contributed by atoms with Crippen LogP contribution in [0.4, 0.5) is 0 Å². The third-order valence-electron chi connectivity index (χ3n) is 3.43. The average molecular weight is 312 g/mol. The van der Waals surface area contributed by atoms with Crippen LogP contribution < -0.4 is 10.6 Å². The Balaban J connectivity index is 2.79. The molecule has 1 nitrogen and oxygen atoms in total. The summed E-state index contributed by atoms with van der Waals surface area (Å²) in [5.74, 6) is 0. The summed E-state index contributed by atoms with van der Waals surface area (Å²) in [5.41, 5.74) is 3.04. The van der Waals surface area contributed by atoms with E-state index in [1.165, 1.54) is 0 Å². The summed E-state index contributed by atoms with van der Waals surface area (Å²) in [5, 5.41) is 1.73. The smallest absolute Gasteiger partial charge is 0.170 e. The lowest BCUT2D eigenvalue weighted by molar-refractivity contribution is 0.591. The van der Waals surface area contributed by atoms with Crippen LogP contribution in [0.5, 0.6) is 0 Å². The van der Waals surface area contributed by atoms with Gasteiger partial charge in [0.05, 0.1) is 8.07 Å². The predicted molar refractivity (Wildman–Crippen MR) is 95.8 cm³/mol. The van der Waals surface area contributed by atoms with E-state index in [4.69, 9.17) is 0 Å². The summed E-state index contributed by atoms with van der Waals surface area (Å²) >= 11 is 0. The summed E-state index contributed by atoms with van der Waals surface area (Å²) in [4.78, 5) is 0.910. The van der Waals surface area contributed by atoms with Gasteiger partial charge in [-0.3, -0.25) is 0 Å². The molecule has 0 aliphatic heterocycles. The molecule has 0 bridgehead atoms. The molecule has 0 heterocycles. The molecule has 0 aromatic heterocycles. The first-order valence-corrected chi connectivity index (χ1v) is 12.2. The Morgan fingerprint density at radius 2 is 1.29 bits per heavy atom. The van der Waals surface area contributed by atoms with Gasteiger partial charge in [0.1, 0.15) is 0 Å². The van der Waals surface area contributed by atoms with E-state index in [0.717, 1.165) is 15.5 Å². The van der Waals surface area contributed by atoms with Crippen LogP contribution in [0.2, 0.25) is 19.6 Å². The van der Waals surface area contributed by atoms with Gasteiger partial charge < -0.3 is 4.57 Å². The highest BCUT2D eigenvalue weighted by molar-refractivity contribution is 7.85. The minimum atomic E-state index is -2.85. The Morgan fingerprint density at radius 1 is 0.905 bits per heavy atom. The highest BCUT2D eigenvalue weighted by atomic mass is 31.2. The quantitative estimate of drug-likeness (QED) is 0.460. The van der Waals surface area contributed by atoms with E-state index in [0.29, 0.717) is 0 Å². The molecule has 0 aliphatic rings. The third kappa shape index (κ3) is 3.03. The van der Waals surface area contributed by atoms with Crippen LogP contribution in [0.25, 0.3) is 0 Å². The van der Waals surface area contributed by atoms with E-state index in [2.05, 4.69) is 32.0 Å². The summed E-state index contributed by atoms with van der Waals surface area (Å²) in [7, 11) is -4.66. The SMILES string of the molecule is C=C=C([Si](C)(C)C)P(=O)(c1ccccc1)c1ccccc1.